The predicted molar refractivity (Wildman–Crippen MR) is 120 cm³/mol. The summed E-state index contributed by atoms with van der Waals surface area (Å²) in [6.45, 7) is 2.16. The maximum absolute atomic E-state index is 12.6. The van der Waals surface area contributed by atoms with E-state index >= 15 is 0 Å². The summed E-state index contributed by atoms with van der Waals surface area (Å²) < 4.78 is 13.5. The van der Waals surface area contributed by atoms with Crippen molar-refractivity contribution in [1.29, 1.82) is 0 Å². The Morgan fingerprint density at radius 1 is 1.13 bits per heavy atom. The Morgan fingerprint density at radius 2 is 1.97 bits per heavy atom. The van der Waals surface area contributed by atoms with Crippen LogP contribution in [0.15, 0.2) is 55.0 Å². The molecule has 0 bridgehead atoms. The molecule has 1 aromatic carbocycles. The van der Waals surface area contributed by atoms with Crippen molar-refractivity contribution in [1.82, 2.24) is 14.8 Å². The number of nitrogens with zero attached hydrogens (tertiary/aromatic N) is 3. The lowest BCUT2D eigenvalue weighted by Gasteiger charge is -2.16. The summed E-state index contributed by atoms with van der Waals surface area (Å²) in [5, 5.41) is 5.12. The highest BCUT2D eigenvalue weighted by Gasteiger charge is 2.32. The molecule has 1 aliphatic carbocycles. The maximum atomic E-state index is 12.6. The minimum atomic E-state index is -0.295. The van der Waals surface area contributed by atoms with Crippen LogP contribution in [-0.2, 0) is 24.6 Å². The van der Waals surface area contributed by atoms with E-state index in [1.807, 2.05) is 67.4 Å². The lowest BCUT2D eigenvalue weighted by Crippen LogP contribution is -2.10. The number of benzene rings is 1. The lowest BCUT2D eigenvalue weighted by molar-refractivity contribution is 0.0531. The molecular formula is C24H21N3O3S. The Balaban J connectivity index is 1.54. The van der Waals surface area contributed by atoms with Crippen LogP contribution in [0.3, 0.4) is 0 Å². The van der Waals surface area contributed by atoms with Gasteiger partial charge in [-0.1, -0.05) is 29.5 Å². The van der Waals surface area contributed by atoms with Gasteiger partial charge >= 0.3 is 5.97 Å². The Hall–Kier alpha value is -3.45. The summed E-state index contributed by atoms with van der Waals surface area (Å²) in [5.74, 6) is 0.414. The van der Waals surface area contributed by atoms with Gasteiger partial charge in [-0.2, -0.15) is 5.10 Å². The summed E-state index contributed by atoms with van der Waals surface area (Å²) in [6.07, 6.45) is 7.10. The first-order valence-electron chi connectivity index (χ1n) is 10.2. The lowest BCUT2D eigenvalue weighted by atomic mass is 9.91. The quantitative estimate of drug-likeness (QED) is 0.402. The molecule has 0 N–H and O–H groups in total. The molecule has 0 atom stereocenters. The fourth-order valence-electron chi connectivity index (χ4n) is 3.96. The Labute approximate surface area is 184 Å². The van der Waals surface area contributed by atoms with Crippen molar-refractivity contribution in [3.05, 3.63) is 71.0 Å². The van der Waals surface area contributed by atoms with Crippen LogP contribution in [0.4, 0.5) is 0 Å². The van der Waals surface area contributed by atoms with Crippen molar-refractivity contribution in [3.8, 4) is 33.2 Å². The molecule has 5 rings (SSSR count). The topological polar surface area (TPSA) is 66.2 Å². The smallest absolute Gasteiger partial charge is 0.348 e. The zero-order chi connectivity index (χ0) is 21.4. The van der Waals surface area contributed by atoms with E-state index in [4.69, 9.17) is 9.47 Å². The van der Waals surface area contributed by atoms with Gasteiger partial charge in [0.1, 0.15) is 10.6 Å². The van der Waals surface area contributed by atoms with E-state index in [-0.39, 0.29) is 5.97 Å². The highest BCUT2D eigenvalue weighted by molar-refractivity contribution is 7.16. The largest absolute Gasteiger partial charge is 0.462 e. The summed E-state index contributed by atoms with van der Waals surface area (Å²) in [4.78, 5) is 17.4. The van der Waals surface area contributed by atoms with Gasteiger partial charge in [0.2, 0.25) is 0 Å². The molecule has 0 unspecified atom stereocenters. The predicted octanol–water partition coefficient (Wildman–Crippen LogP) is 5.28. The standard InChI is InChI=1S/C24H21N3O3S/c1-3-29-23(28)22-19-11-8-17-14-26-27(2)21(17)20(19)24(31-22)30-18-9-6-15(7-10-18)16-5-4-12-25-13-16/h4-7,9-10,12-14H,3,8,11H2,1-2H3. The summed E-state index contributed by atoms with van der Waals surface area (Å²) in [6, 6.07) is 11.8. The van der Waals surface area contributed by atoms with Gasteiger partial charge in [0.05, 0.1) is 24.1 Å². The molecular weight excluding hydrogens is 410 g/mol. The molecule has 31 heavy (non-hydrogen) atoms. The van der Waals surface area contributed by atoms with E-state index < -0.39 is 0 Å². The van der Waals surface area contributed by atoms with Crippen LogP contribution in [0, 0.1) is 0 Å². The van der Waals surface area contributed by atoms with Gasteiger partial charge in [0, 0.05) is 19.4 Å². The first-order chi connectivity index (χ1) is 15.2. The van der Waals surface area contributed by atoms with Crippen molar-refractivity contribution in [2.45, 2.75) is 19.8 Å². The molecule has 7 heteroatoms. The van der Waals surface area contributed by atoms with E-state index in [2.05, 4.69) is 10.1 Å². The van der Waals surface area contributed by atoms with Gasteiger partial charge in [-0.05, 0) is 60.2 Å². The monoisotopic (exact) mass is 431 g/mol. The minimum Gasteiger partial charge on any atom is -0.462 e. The van der Waals surface area contributed by atoms with Gasteiger partial charge < -0.3 is 9.47 Å². The second kappa shape index (κ2) is 8.00. The number of carbonyl (C=O) groups is 1. The average Bonchev–Trinajstić information content (AvgIpc) is 3.35. The van der Waals surface area contributed by atoms with Crippen LogP contribution < -0.4 is 4.74 Å². The second-order valence-electron chi connectivity index (χ2n) is 7.30. The van der Waals surface area contributed by atoms with Crippen LogP contribution in [0.5, 0.6) is 10.8 Å². The number of esters is 1. The van der Waals surface area contributed by atoms with Crippen LogP contribution in [0.2, 0.25) is 0 Å². The number of thiophene rings is 1. The molecule has 0 radical (unpaired) electrons. The summed E-state index contributed by atoms with van der Waals surface area (Å²) in [7, 11) is 1.92. The van der Waals surface area contributed by atoms with Gasteiger partial charge in [-0.3, -0.25) is 9.67 Å². The summed E-state index contributed by atoms with van der Waals surface area (Å²) >= 11 is 1.35. The van der Waals surface area contributed by atoms with Gasteiger partial charge in [0.15, 0.2) is 5.06 Å². The second-order valence-corrected chi connectivity index (χ2v) is 8.29. The molecule has 0 saturated heterocycles. The first kappa shape index (κ1) is 19.5. The minimum absolute atomic E-state index is 0.295. The highest BCUT2D eigenvalue weighted by Crippen LogP contribution is 2.48. The molecule has 6 nitrogen and oxygen atoms in total. The molecule has 1 aliphatic rings. The van der Waals surface area contributed by atoms with Crippen LogP contribution in [0.1, 0.15) is 27.7 Å². The molecule has 0 amide bonds. The number of ether oxygens (including phenoxy) is 2. The maximum Gasteiger partial charge on any atom is 0.348 e. The third-order valence-corrected chi connectivity index (χ3v) is 6.48. The molecule has 156 valence electrons. The Morgan fingerprint density at radius 3 is 2.71 bits per heavy atom. The van der Waals surface area contributed by atoms with Crippen molar-refractivity contribution < 1.29 is 14.3 Å². The number of hydrogen-bond acceptors (Lipinski definition) is 6. The zero-order valence-corrected chi connectivity index (χ0v) is 18.1. The summed E-state index contributed by atoms with van der Waals surface area (Å²) in [5.41, 5.74) is 6.23. The molecule has 0 spiro atoms. The van der Waals surface area contributed by atoms with Gasteiger partial charge in [-0.15, -0.1) is 0 Å². The van der Waals surface area contributed by atoms with Crippen molar-refractivity contribution in [2.24, 2.45) is 7.05 Å². The number of aromatic nitrogens is 3. The first-order valence-corrected chi connectivity index (χ1v) is 11.0. The number of fused-ring (bicyclic) bond motifs is 3. The number of rotatable bonds is 5. The van der Waals surface area contributed by atoms with E-state index in [0.29, 0.717) is 22.3 Å². The molecule has 3 aromatic heterocycles. The van der Waals surface area contributed by atoms with Gasteiger partial charge in [-0.25, -0.2) is 4.79 Å². The normalized spacial score (nSPS) is 12.2. The van der Waals surface area contributed by atoms with E-state index in [1.54, 1.807) is 6.20 Å². The number of hydrogen-bond donors (Lipinski definition) is 0. The van der Waals surface area contributed by atoms with Crippen molar-refractivity contribution in [2.75, 3.05) is 6.61 Å². The molecule has 0 saturated carbocycles. The number of aryl methyl sites for hydroxylation is 2. The highest BCUT2D eigenvalue weighted by atomic mass is 32.1. The van der Waals surface area contributed by atoms with Crippen molar-refractivity contribution in [3.63, 3.8) is 0 Å². The zero-order valence-electron chi connectivity index (χ0n) is 17.3. The van der Waals surface area contributed by atoms with Crippen LogP contribution >= 0.6 is 11.3 Å². The molecule has 4 aromatic rings. The van der Waals surface area contributed by atoms with E-state index in [1.165, 1.54) is 16.9 Å². The SMILES string of the molecule is CCOC(=O)c1sc(Oc2ccc(-c3cccnc3)cc2)c2c1CCc1cnn(C)c1-2. The van der Waals surface area contributed by atoms with Crippen LogP contribution in [-0.4, -0.2) is 27.3 Å². The van der Waals surface area contributed by atoms with Crippen molar-refractivity contribution >= 4 is 17.3 Å². The molecule has 0 aliphatic heterocycles. The Bertz CT molecular complexity index is 1240. The van der Waals surface area contributed by atoms with Gasteiger partial charge in [0.25, 0.3) is 0 Å². The average molecular weight is 432 g/mol. The molecule has 0 fully saturated rings. The van der Waals surface area contributed by atoms with Crippen LogP contribution in [0.25, 0.3) is 22.4 Å². The molecule has 3 heterocycles. The fraction of sp³-hybridized carbons (Fsp3) is 0.208. The third-order valence-electron chi connectivity index (χ3n) is 5.39. The third kappa shape index (κ3) is 3.51. The van der Waals surface area contributed by atoms with E-state index in [9.17, 15) is 4.79 Å². The Kier molecular flexibility index (Phi) is 5.03. The number of carbonyl (C=O) groups excluding carboxylic acids is 1. The fourth-order valence-corrected chi connectivity index (χ4v) is 5.07. The van der Waals surface area contributed by atoms with E-state index in [0.717, 1.165) is 40.8 Å². The number of pyridine rings is 1.